The van der Waals surface area contributed by atoms with Crippen LogP contribution in [0.25, 0.3) is 10.4 Å². The van der Waals surface area contributed by atoms with E-state index in [0.717, 1.165) is 0 Å². The second kappa shape index (κ2) is 6.31. The molecular formula is C10H13F2N3O6. The van der Waals surface area contributed by atoms with Crippen LogP contribution in [-0.2, 0) is 14.3 Å². The van der Waals surface area contributed by atoms with Crippen molar-refractivity contribution in [3.63, 3.8) is 0 Å². The van der Waals surface area contributed by atoms with Gasteiger partial charge in [0.2, 0.25) is 0 Å². The molecule has 0 amide bonds. The average molecular weight is 309 g/mol. The van der Waals surface area contributed by atoms with Crippen LogP contribution < -0.4 is 0 Å². The smallest absolute Gasteiger partial charge is 0.372 e. The summed E-state index contributed by atoms with van der Waals surface area (Å²) in [7, 11) is 0. The number of carbonyl (C=O) groups excluding carboxylic acids is 1. The first-order chi connectivity index (χ1) is 9.70. The number of Topliss-reactive ketones (excluding diaryl/α,β-unsaturated/α-hetero) is 1. The fraction of sp³-hybridized carbons (Fsp3) is 0.800. The summed E-state index contributed by atoms with van der Waals surface area (Å²) in [5, 5.41) is 30.0. The van der Waals surface area contributed by atoms with Crippen LogP contribution in [0.4, 0.5) is 8.78 Å². The molecule has 118 valence electrons. The number of halogens is 2. The SMILES string of the molecule is CC1C(N=[N+]=[N-])C(F)C(F)(C(=O)O)OC1C(O)C(=O)CO. The molecule has 0 radical (unpaired) electrons. The van der Waals surface area contributed by atoms with E-state index in [-0.39, 0.29) is 0 Å². The number of rotatable bonds is 5. The molecule has 0 aromatic carbocycles. The van der Waals surface area contributed by atoms with E-state index in [1.54, 1.807) is 0 Å². The summed E-state index contributed by atoms with van der Waals surface area (Å²) in [6, 6.07) is -1.81. The molecule has 6 atom stereocenters. The highest BCUT2D eigenvalue weighted by molar-refractivity contribution is 5.84. The number of hydrogen-bond donors (Lipinski definition) is 3. The zero-order valence-electron chi connectivity index (χ0n) is 10.8. The van der Waals surface area contributed by atoms with Gasteiger partial charge in [-0.2, -0.15) is 4.39 Å². The molecule has 0 aromatic rings. The van der Waals surface area contributed by atoms with Gasteiger partial charge in [0.1, 0.15) is 12.7 Å². The third-order valence-corrected chi connectivity index (χ3v) is 3.29. The number of aliphatic carboxylic acids is 1. The summed E-state index contributed by atoms with van der Waals surface area (Å²) in [6.07, 6.45) is -6.72. The van der Waals surface area contributed by atoms with Crippen LogP contribution in [-0.4, -0.2) is 64.0 Å². The molecule has 9 nitrogen and oxygen atoms in total. The summed E-state index contributed by atoms with van der Waals surface area (Å²) in [4.78, 5) is 24.4. The van der Waals surface area contributed by atoms with Gasteiger partial charge in [-0.15, -0.1) is 0 Å². The number of ether oxygens (including phenoxy) is 1. The van der Waals surface area contributed by atoms with Crippen molar-refractivity contribution < 1.29 is 38.4 Å². The first kappa shape index (κ1) is 17.2. The second-order valence-electron chi connectivity index (χ2n) is 4.56. The van der Waals surface area contributed by atoms with Gasteiger partial charge >= 0.3 is 11.8 Å². The molecule has 0 aliphatic carbocycles. The third-order valence-electron chi connectivity index (χ3n) is 3.29. The summed E-state index contributed by atoms with van der Waals surface area (Å²) in [6.45, 7) is 0.0806. The highest BCUT2D eigenvalue weighted by Crippen LogP contribution is 2.39. The second-order valence-corrected chi connectivity index (χ2v) is 4.56. The minimum Gasteiger partial charge on any atom is -0.477 e. The zero-order valence-corrected chi connectivity index (χ0v) is 10.8. The van der Waals surface area contributed by atoms with Crippen LogP contribution >= 0.6 is 0 Å². The molecule has 6 unspecified atom stereocenters. The Labute approximate surface area is 116 Å². The number of carboxylic acid groups (broad SMARTS) is 1. The van der Waals surface area contributed by atoms with Crippen molar-refractivity contribution in [1.82, 2.24) is 0 Å². The van der Waals surface area contributed by atoms with Gasteiger partial charge < -0.3 is 20.1 Å². The number of carboxylic acids is 1. The van der Waals surface area contributed by atoms with E-state index in [1.165, 1.54) is 6.92 Å². The van der Waals surface area contributed by atoms with Crippen LogP contribution in [0.15, 0.2) is 5.11 Å². The molecular weight excluding hydrogens is 296 g/mol. The standard InChI is InChI=1S/C10H13F2N3O6/c1-3-5(14-15-13)8(11)10(12,9(19)20)21-7(3)6(18)4(17)2-16/h3,5-8,16,18H,2H2,1H3,(H,19,20). The molecule has 1 aliphatic rings. The lowest BCUT2D eigenvalue weighted by Crippen LogP contribution is -2.63. The predicted molar refractivity (Wildman–Crippen MR) is 61.4 cm³/mol. The molecule has 1 rings (SSSR count). The highest BCUT2D eigenvalue weighted by Gasteiger charge is 2.61. The summed E-state index contributed by atoms with van der Waals surface area (Å²) in [5.74, 6) is -8.58. The number of nitrogens with zero attached hydrogens (tertiary/aromatic N) is 3. The van der Waals surface area contributed by atoms with Gasteiger partial charge in [0, 0.05) is 4.91 Å². The fourth-order valence-electron chi connectivity index (χ4n) is 2.07. The van der Waals surface area contributed by atoms with Crippen LogP contribution in [0, 0.1) is 5.92 Å². The number of aliphatic hydroxyl groups excluding tert-OH is 2. The van der Waals surface area contributed by atoms with E-state index in [1.807, 2.05) is 0 Å². The van der Waals surface area contributed by atoms with Crippen LogP contribution in [0.3, 0.4) is 0 Å². The molecule has 0 bridgehead atoms. The lowest BCUT2D eigenvalue weighted by molar-refractivity contribution is -0.273. The maximum Gasteiger partial charge on any atom is 0.372 e. The molecule has 1 heterocycles. The maximum absolute atomic E-state index is 14.1. The number of azide groups is 1. The van der Waals surface area contributed by atoms with Crippen molar-refractivity contribution >= 4 is 11.8 Å². The number of hydrogen-bond acceptors (Lipinski definition) is 6. The molecule has 0 spiro atoms. The van der Waals surface area contributed by atoms with E-state index < -0.39 is 54.6 Å². The minimum absolute atomic E-state index is 1.11. The first-order valence-corrected chi connectivity index (χ1v) is 5.80. The quantitative estimate of drug-likeness (QED) is 0.360. The van der Waals surface area contributed by atoms with E-state index in [2.05, 4.69) is 14.8 Å². The van der Waals surface area contributed by atoms with Crippen molar-refractivity contribution in [2.75, 3.05) is 6.61 Å². The molecule has 0 aromatic heterocycles. The van der Waals surface area contributed by atoms with Crippen molar-refractivity contribution in [2.45, 2.75) is 37.2 Å². The van der Waals surface area contributed by atoms with E-state index in [0.29, 0.717) is 0 Å². The third kappa shape index (κ3) is 2.95. The van der Waals surface area contributed by atoms with Crippen molar-refractivity contribution in [3.05, 3.63) is 10.4 Å². The topological polar surface area (TPSA) is 153 Å². The van der Waals surface area contributed by atoms with Gasteiger partial charge in [0.15, 0.2) is 12.0 Å². The fourth-order valence-corrected chi connectivity index (χ4v) is 2.07. The molecule has 3 N–H and O–H groups in total. The molecule has 1 saturated heterocycles. The first-order valence-electron chi connectivity index (χ1n) is 5.80. The van der Waals surface area contributed by atoms with Crippen molar-refractivity contribution in [3.8, 4) is 0 Å². The minimum atomic E-state index is -3.88. The Kier molecular flexibility index (Phi) is 5.18. The largest absolute Gasteiger partial charge is 0.477 e. The summed E-state index contributed by atoms with van der Waals surface area (Å²) in [5.41, 5.74) is 8.35. The number of alkyl halides is 2. The molecule has 21 heavy (non-hydrogen) atoms. The zero-order chi connectivity index (χ0) is 16.4. The predicted octanol–water partition coefficient (Wildman–Crippen LogP) is -0.289. The van der Waals surface area contributed by atoms with Gasteiger partial charge in [-0.1, -0.05) is 12.0 Å². The Bertz CT molecular complexity index is 485. The Hall–Kier alpha value is -1.81. The molecule has 1 aliphatic heterocycles. The van der Waals surface area contributed by atoms with E-state index in [4.69, 9.17) is 15.7 Å². The summed E-state index contributed by atoms with van der Waals surface area (Å²) < 4.78 is 32.5. The lowest BCUT2D eigenvalue weighted by atomic mass is 9.83. The molecule has 0 saturated carbocycles. The maximum atomic E-state index is 14.1. The molecule has 1 fully saturated rings. The van der Waals surface area contributed by atoms with Gasteiger partial charge in [0.05, 0.1) is 12.1 Å². The van der Waals surface area contributed by atoms with Gasteiger partial charge in [-0.05, 0) is 11.4 Å². The summed E-state index contributed by atoms with van der Waals surface area (Å²) >= 11 is 0. The number of carbonyl (C=O) groups is 2. The Morgan fingerprint density at radius 1 is 1.57 bits per heavy atom. The normalized spacial score (nSPS) is 37.4. The van der Waals surface area contributed by atoms with Crippen LogP contribution in [0.1, 0.15) is 6.92 Å². The van der Waals surface area contributed by atoms with Crippen molar-refractivity contribution in [2.24, 2.45) is 11.0 Å². The number of aliphatic hydroxyl groups is 2. The van der Waals surface area contributed by atoms with Gasteiger partial charge in [0.25, 0.3) is 0 Å². The van der Waals surface area contributed by atoms with Gasteiger partial charge in [-0.25, -0.2) is 9.18 Å². The van der Waals surface area contributed by atoms with Crippen molar-refractivity contribution in [1.29, 1.82) is 0 Å². The Morgan fingerprint density at radius 2 is 2.14 bits per heavy atom. The van der Waals surface area contributed by atoms with Crippen LogP contribution in [0.5, 0.6) is 0 Å². The van der Waals surface area contributed by atoms with Gasteiger partial charge in [-0.3, -0.25) is 4.79 Å². The number of ketones is 1. The molecule has 11 heteroatoms. The Balaban J connectivity index is 3.24. The highest BCUT2D eigenvalue weighted by atomic mass is 19.2. The van der Waals surface area contributed by atoms with E-state index >= 15 is 0 Å². The lowest BCUT2D eigenvalue weighted by Gasteiger charge is -2.43. The average Bonchev–Trinajstić information content (AvgIpc) is 2.45. The monoisotopic (exact) mass is 309 g/mol. The van der Waals surface area contributed by atoms with Crippen LogP contribution in [0.2, 0.25) is 0 Å². The van der Waals surface area contributed by atoms with E-state index in [9.17, 15) is 23.5 Å². The Morgan fingerprint density at radius 3 is 2.57 bits per heavy atom.